The molecule has 6 nitrogen and oxygen atoms in total. The molecule has 26 heavy (non-hydrogen) atoms. The van der Waals surface area contributed by atoms with Gasteiger partial charge in [-0.15, -0.1) is 0 Å². The maximum absolute atomic E-state index is 11.9. The first-order chi connectivity index (χ1) is 12.5. The molecule has 1 heterocycles. The Labute approximate surface area is 162 Å². The quantitative estimate of drug-likeness (QED) is 0.551. The number of aromatic amines is 1. The minimum absolute atomic E-state index is 0.154. The molecule has 140 valence electrons. The Morgan fingerprint density at radius 3 is 2.85 bits per heavy atom. The summed E-state index contributed by atoms with van der Waals surface area (Å²) in [6.45, 7) is 0.451. The van der Waals surface area contributed by atoms with Crippen molar-refractivity contribution in [3.8, 4) is 0 Å². The minimum atomic E-state index is -0.488. The number of hydrogen-bond donors (Lipinski definition) is 2. The largest absolute Gasteiger partial charge is 0.467 e. The molecule has 0 saturated heterocycles. The van der Waals surface area contributed by atoms with E-state index in [1.165, 1.54) is 7.11 Å². The number of rotatable bonds is 7. The molecule has 0 radical (unpaired) electrons. The summed E-state index contributed by atoms with van der Waals surface area (Å²) in [6, 6.07) is 8.72. The van der Waals surface area contributed by atoms with Gasteiger partial charge in [0, 0.05) is 30.6 Å². The molecule has 0 aliphatic heterocycles. The van der Waals surface area contributed by atoms with Gasteiger partial charge in [-0.05, 0) is 42.3 Å². The van der Waals surface area contributed by atoms with Gasteiger partial charge in [0.25, 0.3) is 0 Å². The van der Waals surface area contributed by atoms with Crippen LogP contribution in [-0.2, 0) is 16.1 Å². The topological polar surface area (TPSA) is 74.4 Å². The fourth-order valence-electron chi connectivity index (χ4n) is 2.62. The molecule has 1 aromatic carbocycles. The normalized spacial score (nSPS) is 11.8. The van der Waals surface area contributed by atoms with Crippen LogP contribution in [0, 0.1) is 0 Å². The molecule has 1 aromatic heterocycles. The first-order valence-corrected chi connectivity index (χ1v) is 9.95. The van der Waals surface area contributed by atoms with Gasteiger partial charge in [-0.25, -0.2) is 4.79 Å². The van der Waals surface area contributed by atoms with Crippen LogP contribution in [0.4, 0.5) is 0 Å². The molecule has 2 aromatic rings. The van der Waals surface area contributed by atoms with Crippen molar-refractivity contribution in [3.63, 3.8) is 0 Å². The van der Waals surface area contributed by atoms with Crippen molar-refractivity contribution in [1.82, 2.24) is 15.2 Å². The van der Waals surface area contributed by atoms with E-state index in [4.69, 9.17) is 17.0 Å². The van der Waals surface area contributed by atoms with Gasteiger partial charge in [0.2, 0.25) is 5.56 Å². The van der Waals surface area contributed by atoms with Crippen LogP contribution >= 0.6 is 24.0 Å². The van der Waals surface area contributed by atoms with Crippen LogP contribution in [0.25, 0.3) is 10.9 Å². The number of hydrogen-bond acceptors (Lipinski definition) is 5. The molecule has 0 spiro atoms. The fraction of sp³-hybridized carbons (Fsp3) is 0.389. The number of esters is 1. The van der Waals surface area contributed by atoms with Gasteiger partial charge in [-0.1, -0.05) is 18.2 Å². The van der Waals surface area contributed by atoms with E-state index in [-0.39, 0.29) is 11.5 Å². The standard InChI is InChI=1S/C18H23N3O3S2/c1-21(18(25)20-15(8-9-26-3)17(23)24-2)11-12-10-16(22)19-14-7-5-4-6-13(12)14/h4-7,10,15H,8-9,11H2,1-3H3,(H,19,22)(H,20,25)/t15-/m0/s1. The SMILES string of the molecule is COC(=O)[C@H](CCSC)NC(=S)N(C)Cc1cc(=O)[nH]c2ccccc12. The zero-order chi connectivity index (χ0) is 19.1. The first-order valence-electron chi connectivity index (χ1n) is 8.15. The van der Waals surface area contributed by atoms with Crippen molar-refractivity contribution < 1.29 is 9.53 Å². The number of thiocarbonyl (C=S) groups is 1. The Bertz CT molecular complexity index is 838. The van der Waals surface area contributed by atoms with Crippen LogP contribution in [0.2, 0.25) is 0 Å². The third kappa shape index (κ3) is 5.22. The third-order valence-corrected chi connectivity index (χ3v) is 5.06. The monoisotopic (exact) mass is 393 g/mol. The predicted molar refractivity (Wildman–Crippen MR) is 111 cm³/mol. The van der Waals surface area contributed by atoms with E-state index < -0.39 is 6.04 Å². The zero-order valence-electron chi connectivity index (χ0n) is 15.1. The number of nitrogens with zero attached hydrogens (tertiary/aromatic N) is 1. The summed E-state index contributed by atoms with van der Waals surface area (Å²) in [6.07, 6.45) is 2.60. The molecule has 0 aliphatic rings. The Kier molecular flexibility index (Phi) is 7.47. The molecule has 0 bridgehead atoms. The predicted octanol–water partition coefficient (Wildman–Crippen LogP) is 2.13. The Balaban J connectivity index is 2.13. The summed E-state index contributed by atoms with van der Waals surface area (Å²) < 4.78 is 4.85. The number of para-hydroxylation sites is 1. The number of H-pyrrole nitrogens is 1. The maximum atomic E-state index is 11.9. The van der Waals surface area contributed by atoms with Crippen LogP contribution in [0.5, 0.6) is 0 Å². The lowest BCUT2D eigenvalue weighted by Gasteiger charge is -2.25. The summed E-state index contributed by atoms with van der Waals surface area (Å²) in [5.41, 5.74) is 1.50. The average Bonchev–Trinajstić information content (AvgIpc) is 2.64. The minimum Gasteiger partial charge on any atom is -0.467 e. The fourth-order valence-corrected chi connectivity index (χ4v) is 3.30. The van der Waals surface area contributed by atoms with E-state index in [1.807, 2.05) is 42.5 Å². The van der Waals surface area contributed by atoms with Gasteiger partial charge in [0.15, 0.2) is 5.11 Å². The molecule has 0 aliphatic carbocycles. The van der Waals surface area contributed by atoms with Crippen molar-refractivity contribution in [3.05, 3.63) is 46.2 Å². The number of nitrogens with one attached hydrogen (secondary N) is 2. The van der Waals surface area contributed by atoms with Crippen LogP contribution in [0.1, 0.15) is 12.0 Å². The highest BCUT2D eigenvalue weighted by Gasteiger charge is 2.21. The summed E-state index contributed by atoms with van der Waals surface area (Å²) in [5.74, 6) is 0.481. The second-order valence-corrected chi connectivity index (χ2v) is 7.24. The van der Waals surface area contributed by atoms with E-state index in [2.05, 4.69) is 10.3 Å². The van der Waals surface area contributed by atoms with Gasteiger partial charge >= 0.3 is 5.97 Å². The lowest BCUT2D eigenvalue weighted by Crippen LogP contribution is -2.47. The van der Waals surface area contributed by atoms with E-state index in [9.17, 15) is 9.59 Å². The van der Waals surface area contributed by atoms with Gasteiger partial charge in [-0.3, -0.25) is 4.79 Å². The number of ether oxygens (including phenoxy) is 1. The molecule has 0 fully saturated rings. The molecule has 0 saturated carbocycles. The molecule has 2 N–H and O–H groups in total. The summed E-state index contributed by atoms with van der Waals surface area (Å²) >= 11 is 7.10. The lowest BCUT2D eigenvalue weighted by molar-refractivity contribution is -0.142. The average molecular weight is 394 g/mol. The molecule has 2 rings (SSSR count). The maximum Gasteiger partial charge on any atom is 0.328 e. The van der Waals surface area contributed by atoms with Crippen molar-refractivity contribution in [2.24, 2.45) is 0 Å². The van der Waals surface area contributed by atoms with Crippen LogP contribution in [-0.4, -0.2) is 53.2 Å². The molecular formula is C18H23N3O3S2. The van der Waals surface area contributed by atoms with E-state index in [1.54, 1.807) is 17.8 Å². The molecule has 1 atom stereocenters. The van der Waals surface area contributed by atoms with Crippen molar-refractivity contribution in [1.29, 1.82) is 0 Å². The number of pyridine rings is 1. The van der Waals surface area contributed by atoms with Gasteiger partial charge in [0.1, 0.15) is 6.04 Å². The Morgan fingerprint density at radius 1 is 1.42 bits per heavy atom. The number of carbonyl (C=O) groups is 1. The summed E-state index contributed by atoms with van der Waals surface area (Å²) in [4.78, 5) is 28.5. The van der Waals surface area contributed by atoms with Gasteiger partial charge < -0.3 is 19.9 Å². The van der Waals surface area contributed by atoms with Crippen LogP contribution < -0.4 is 10.9 Å². The van der Waals surface area contributed by atoms with Gasteiger partial charge in [0.05, 0.1) is 7.11 Å². The number of methoxy groups -OCH3 is 1. The van der Waals surface area contributed by atoms with Gasteiger partial charge in [-0.2, -0.15) is 11.8 Å². The molecule has 0 unspecified atom stereocenters. The van der Waals surface area contributed by atoms with Crippen LogP contribution in [0.15, 0.2) is 35.1 Å². The number of benzene rings is 1. The smallest absolute Gasteiger partial charge is 0.328 e. The number of aromatic nitrogens is 1. The Hall–Kier alpha value is -2.06. The van der Waals surface area contributed by atoms with E-state index >= 15 is 0 Å². The third-order valence-electron chi connectivity index (χ3n) is 3.98. The van der Waals surface area contributed by atoms with Crippen molar-refractivity contribution in [2.45, 2.75) is 19.0 Å². The van der Waals surface area contributed by atoms with E-state index in [0.29, 0.717) is 18.1 Å². The molecule has 8 heteroatoms. The Morgan fingerprint density at radius 2 is 2.15 bits per heavy atom. The van der Waals surface area contributed by atoms with E-state index in [0.717, 1.165) is 22.2 Å². The van der Waals surface area contributed by atoms with Crippen molar-refractivity contribution >= 4 is 46.0 Å². The highest BCUT2D eigenvalue weighted by atomic mass is 32.2. The number of fused-ring (bicyclic) bond motifs is 1. The number of thioether (sulfide) groups is 1. The second kappa shape index (κ2) is 9.59. The highest BCUT2D eigenvalue weighted by molar-refractivity contribution is 7.98. The highest BCUT2D eigenvalue weighted by Crippen LogP contribution is 2.16. The number of carbonyl (C=O) groups excluding carboxylic acids is 1. The first kappa shape index (κ1) is 20.3. The second-order valence-electron chi connectivity index (χ2n) is 5.87. The van der Waals surface area contributed by atoms with Crippen LogP contribution in [0.3, 0.4) is 0 Å². The molecule has 0 amide bonds. The zero-order valence-corrected chi connectivity index (χ0v) is 16.7. The summed E-state index contributed by atoms with van der Waals surface area (Å²) in [5, 5.41) is 4.47. The lowest BCUT2D eigenvalue weighted by atomic mass is 10.1. The molecular weight excluding hydrogens is 370 g/mol. The van der Waals surface area contributed by atoms with Crippen molar-refractivity contribution in [2.75, 3.05) is 26.2 Å². The summed E-state index contributed by atoms with van der Waals surface area (Å²) in [7, 11) is 3.19.